The van der Waals surface area contributed by atoms with Crippen LogP contribution in [0.3, 0.4) is 0 Å². The van der Waals surface area contributed by atoms with E-state index in [0.29, 0.717) is 6.42 Å². The maximum absolute atomic E-state index is 13.2. The molecule has 0 amide bonds. The highest BCUT2D eigenvalue weighted by Crippen LogP contribution is 2.25. The number of ether oxygens (including phenoxy) is 1. The van der Waals surface area contributed by atoms with Gasteiger partial charge in [-0.2, -0.15) is 4.31 Å². The fraction of sp³-hybridized carbons (Fsp3) is 0.250. The summed E-state index contributed by atoms with van der Waals surface area (Å²) < 4.78 is 71.2. The number of hydrogen-bond acceptors (Lipinski definition) is 3. The minimum absolute atomic E-state index is 0.00232. The highest BCUT2D eigenvalue weighted by Gasteiger charge is 2.33. The van der Waals surface area contributed by atoms with Crippen molar-refractivity contribution in [1.29, 1.82) is 0 Å². The number of sulfonamides is 1. The third kappa shape index (κ3) is 3.54. The fourth-order valence-electron chi connectivity index (χ4n) is 2.58. The molecule has 1 unspecified atom stereocenters. The van der Waals surface area contributed by atoms with Crippen molar-refractivity contribution in [3.63, 3.8) is 0 Å². The second-order valence-corrected chi connectivity index (χ2v) is 7.39. The first kappa shape index (κ1) is 16.8. The molecule has 0 spiro atoms. The summed E-state index contributed by atoms with van der Waals surface area (Å²) >= 11 is 0. The third-order valence-corrected chi connectivity index (χ3v) is 5.54. The van der Waals surface area contributed by atoms with E-state index in [4.69, 9.17) is 4.74 Å². The monoisotopic (exact) mass is 357 g/mol. The molecule has 0 saturated carbocycles. The average molecular weight is 357 g/mol. The van der Waals surface area contributed by atoms with Gasteiger partial charge in [-0.1, -0.05) is 6.07 Å². The van der Waals surface area contributed by atoms with Gasteiger partial charge in [-0.05, 0) is 24.6 Å². The molecule has 0 N–H and O–H groups in total. The van der Waals surface area contributed by atoms with Crippen LogP contribution < -0.4 is 4.74 Å². The molecule has 1 fully saturated rings. The summed E-state index contributed by atoms with van der Waals surface area (Å²) in [6, 6.07) is 7.54. The van der Waals surface area contributed by atoms with Gasteiger partial charge in [0.15, 0.2) is 0 Å². The second kappa shape index (κ2) is 6.45. The van der Waals surface area contributed by atoms with E-state index in [1.807, 2.05) is 0 Å². The van der Waals surface area contributed by atoms with Crippen molar-refractivity contribution in [2.45, 2.75) is 17.4 Å². The van der Waals surface area contributed by atoms with Crippen LogP contribution >= 0.6 is 0 Å². The highest BCUT2D eigenvalue weighted by atomic mass is 32.2. The van der Waals surface area contributed by atoms with Crippen LogP contribution in [0.5, 0.6) is 5.75 Å². The molecule has 0 aliphatic carbocycles. The van der Waals surface area contributed by atoms with E-state index in [2.05, 4.69) is 0 Å². The zero-order chi connectivity index (χ0) is 17.3. The van der Waals surface area contributed by atoms with E-state index in [-0.39, 0.29) is 23.7 Å². The lowest BCUT2D eigenvalue weighted by Crippen LogP contribution is -2.31. The Labute approximate surface area is 137 Å². The number of rotatable bonds is 4. The molecule has 1 atom stereocenters. The maximum Gasteiger partial charge on any atom is 0.243 e. The topological polar surface area (TPSA) is 46.6 Å². The summed E-state index contributed by atoms with van der Waals surface area (Å²) in [5.41, 5.74) is 0. The van der Waals surface area contributed by atoms with E-state index < -0.39 is 33.6 Å². The normalized spacial score (nSPS) is 18.7. The zero-order valence-electron chi connectivity index (χ0n) is 12.5. The van der Waals surface area contributed by atoms with Gasteiger partial charge in [0.25, 0.3) is 0 Å². The predicted octanol–water partition coefficient (Wildman–Crippen LogP) is 2.95. The first-order valence-electron chi connectivity index (χ1n) is 7.23. The van der Waals surface area contributed by atoms with E-state index in [1.165, 1.54) is 16.4 Å². The molecule has 2 aromatic rings. The van der Waals surface area contributed by atoms with Gasteiger partial charge in [0.1, 0.15) is 29.3 Å². The Bertz CT molecular complexity index is 837. The lowest BCUT2D eigenvalue weighted by Gasteiger charge is -2.17. The van der Waals surface area contributed by atoms with Crippen LogP contribution in [0.4, 0.5) is 13.2 Å². The lowest BCUT2D eigenvalue weighted by molar-refractivity contribution is 0.213. The quantitative estimate of drug-likeness (QED) is 0.845. The molecule has 8 heteroatoms. The Morgan fingerprint density at radius 3 is 2.38 bits per heavy atom. The lowest BCUT2D eigenvalue weighted by atomic mass is 10.3. The summed E-state index contributed by atoms with van der Waals surface area (Å²) in [5, 5.41) is 0. The Kier molecular flexibility index (Phi) is 4.51. The summed E-state index contributed by atoms with van der Waals surface area (Å²) in [6.45, 7) is 0.207. The first-order chi connectivity index (χ1) is 11.3. The number of halogens is 3. The fourth-order valence-corrected chi connectivity index (χ4v) is 4.10. The molecule has 2 aromatic carbocycles. The highest BCUT2D eigenvalue weighted by molar-refractivity contribution is 7.89. The molecule has 0 radical (unpaired) electrons. The Hall–Kier alpha value is -2.06. The molecule has 1 aliphatic rings. The van der Waals surface area contributed by atoms with Gasteiger partial charge in [0, 0.05) is 24.7 Å². The van der Waals surface area contributed by atoms with E-state index in [1.54, 1.807) is 0 Å². The smallest absolute Gasteiger partial charge is 0.243 e. The maximum atomic E-state index is 13.2. The third-order valence-electron chi connectivity index (χ3n) is 3.68. The Balaban J connectivity index is 1.73. The van der Waals surface area contributed by atoms with Crippen molar-refractivity contribution in [2.75, 3.05) is 13.1 Å². The van der Waals surface area contributed by atoms with Crippen LogP contribution in [0, 0.1) is 17.5 Å². The van der Waals surface area contributed by atoms with E-state index >= 15 is 0 Å². The molecule has 1 saturated heterocycles. The van der Waals surface area contributed by atoms with Crippen LogP contribution in [-0.4, -0.2) is 31.9 Å². The summed E-state index contributed by atoms with van der Waals surface area (Å²) in [5.74, 6) is -2.18. The van der Waals surface area contributed by atoms with Crippen LogP contribution in [0.25, 0.3) is 0 Å². The van der Waals surface area contributed by atoms with Gasteiger partial charge in [0.05, 0.1) is 11.4 Å². The van der Waals surface area contributed by atoms with Gasteiger partial charge < -0.3 is 4.74 Å². The Morgan fingerprint density at radius 1 is 1.00 bits per heavy atom. The first-order valence-corrected chi connectivity index (χ1v) is 8.67. The van der Waals surface area contributed by atoms with Crippen molar-refractivity contribution >= 4 is 10.0 Å². The molecule has 3 rings (SSSR count). The van der Waals surface area contributed by atoms with E-state index in [0.717, 1.165) is 30.3 Å². The molecule has 24 heavy (non-hydrogen) atoms. The molecule has 1 aliphatic heterocycles. The van der Waals surface area contributed by atoms with Crippen molar-refractivity contribution < 1.29 is 26.3 Å². The van der Waals surface area contributed by atoms with Crippen LogP contribution in [0.15, 0.2) is 47.4 Å². The van der Waals surface area contributed by atoms with Gasteiger partial charge in [0.2, 0.25) is 10.0 Å². The standard InChI is InChI=1S/C16H14F3NO3S/c17-11-2-1-3-16(9-11)24(21,22)20-5-4-14(10-20)23-15-7-12(18)6-13(19)8-15/h1-3,6-9,14H,4-5,10H2. The minimum Gasteiger partial charge on any atom is -0.489 e. The molecule has 0 aromatic heterocycles. The van der Waals surface area contributed by atoms with Gasteiger partial charge in [-0.25, -0.2) is 21.6 Å². The van der Waals surface area contributed by atoms with E-state index in [9.17, 15) is 21.6 Å². The number of nitrogens with zero attached hydrogens (tertiary/aromatic N) is 1. The largest absolute Gasteiger partial charge is 0.489 e. The SMILES string of the molecule is O=S(=O)(c1cccc(F)c1)N1CCC(Oc2cc(F)cc(F)c2)C1. The molecule has 1 heterocycles. The zero-order valence-corrected chi connectivity index (χ0v) is 13.3. The van der Waals surface area contributed by atoms with Crippen molar-refractivity contribution in [3.8, 4) is 5.75 Å². The van der Waals surface area contributed by atoms with Crippen molar-refractivity contribution in [1.82, 2.24) is 4.31 Å². The molecular weight excluding hydrogens is 343 g/mol. The summed E-state index contributed by atoms with van der Waals surface area (Å²) in [4.78, 5) is -0.139. The predicted molar refractivity (Wildman–Crippen MR) is 80.5 cm³/mol. The summed E-state index contributed by atoms with van der Waals surface area (Å²) in [7, 11) is -3.84. The van der Waals surface area contributed by atoms with Crippen molar-refractivity contribution in [2.24, 2.45) is 0 Å². The van der Waals surface area contributed by atoms with Crippen LogP contribution in [0.1, 0.15) is 6.42 Å². The van der Waals surface area contributed by atoms with Gasteiger partial charge in [-0.3, -0.25) is 0 Å². The van der Waals surface area contributed by atoms with Gasteiger partial charge >= 0.3 is 0 Å². The molecule has 4 nitrogen and oxygen atoms in total. The molecule has 0 bridgehead atoms. The Morgan fingerprint density at radius 2 is 1.71 bits per heavy atom. The van der Waals surface area contributed by atoms with Crippen molar-refractivity contribution in [3.05, 3.63) is 59.9 Å². The minimum atomic E-state index is -3.84. The van der Waals surface area contributed by atoms with Crippen LogP contribution in [0.2, 0.25) is 0 Å². The molecule has 128 valence electrons. The number of hydrogen-bond donors (Lipinski definition) is 0. The van der Waals surface area contributed by atoms with Gasteiger partial charge in [-0.15, -0.1) is 0 Å². The second-order valence-electron chi connectivity index (χ2n) is 5.45. The molecular formula is C16H14F3NO3S. The van der Waals surface area contributed by atoms with Crippen LogP contribution in [-0.2, 0) is 10.0 Å². The summed E-state index contributed by atoms with van der Waals surface area (Å²) in [6.07, 6.45) is -0.165. The number of benzene rings is 2. The average Bonchev–Trinajstić information content (AvgIpc) is 2.95.